The molecule has 0 saturated carbocycles. The molecule has 6 nitrogen and oxygen atoms in total. The Bertz CT molecular complexity index is 638. The molecule has 1 aromatic carbocycles. The van der Waals surface area contributed by atoms with Crippen LogP contribution in [0.15, 0.2) is 24.3 Å². The fraction of sp³-hybridized carbons (Fsp3) is 0.579. The highest BCUT2D eigenvalue weighted by Gasteiger charge is 2.41. The van der Waals surface area contributed by atoms with Crippen LogP contribution in [0.5, 0.6) is 5.75 Å². The maximum Gasteiger partial charge on any atom is 0.253 e. The lowest BCUT2D eigenvalue weighted by Crippen LogP contribution is -2.52. The van der Waals surface area contributed by atoms with E-state index in [9.17, 15) is 9.59 Å². The summed E-state index contributed by atoms with van der Waals surface area (Å²) in [7, 11) is 1.59. The number of hydrogen-bond donors (Lipinski definition) is 1. The van der Waals surface area contributed by atoms with Gasteiger partial charge < -0.3 is 19.6 Å². The third kappa shape index (κ3) is 3.79. The van der Waals surface area contributed by atoms with Gasteiger partial charge in [-0.1, -0.05) is 6.07 Å². The van der Waals surface area contributed by atoms with E-state index >= 15 is 0 Å². The summed E-state index contributed by atoms with van der Waals surface area (Å²) < 4.78 is 5.20. The fourth-order valence-electron chi connectivity index (χ4n) is 3.96. The first-order chi connectivity index (χ1) is 12.1. The minimum absolute atomic E-state index is 0.00225. The lowest BCUT2D eigenvalue weighted by atomic mass is 9.72. The van der Waals surface area contributed by atoms with Gasteiger partial charge in [0.1, 0.15) is 5.75 Å². The van der Waals surface area contributed by atoms with E-state index in [-0.39, 0.29) is 23.8 Å². The maximum atomic E-state index is 12.7. The largest absolute Gasteiger partial charge is 0.497 e. The molecular weight excluding hydrogens is 320 g/mol. The van der Waals surface area contributed by atoms with Crippen molar-refractivity contribution < 1.29 is 19.4 Å². The second-order valence-electron chi connectivity index (χ2n) is 7.06. The Balaban J connectivity index is 1.63. The Morgan fingerprint density at radius 3 is 2.72 bits per heavy atom. The first-order valence-electron chi connectivity index (χ1n) is 8.89. The molecule has 2 saturated heterocycles. The number of β-amino-alcohol motifs (C(OH)–C–C–N with tert-alkyl or cyclic N) is 1. The molecule has 0 bridgehead atoms. The minimum atomic E-state index is 0.00225. The van der Waals surface area contributed by atoms with Crippen LogP contribution in [-0.4, -0.2) is 66.6 Å². The molecule has 0 aromatic heterocycles. The van der Waals surface area contributed by atoms with Crippen molar-refractivity contribution in [3.8, 4) is 5.75 Å². The topological polar surface area (TPSA) is 70.1 Å². The number of amides is 2. The zero-order chi connectivity index (χ0) is 17.9. The van der Waals surface area contributed by atoms with Crippen LogP contribution in [0.1, 0.15) is 36.0 Å². The first kappa shape index (κ1) is 17.7. The summed E-state index contributed by atoms with van der Waals surface area (Å²) in [4.78, 5) is 28.4. The predicted molar refractivity (Wildman–Crippen MR) is 93.5 cm³/mol. The molecule has 6 heteroatoms. The Kier molecular flexibility index (Phi) is 5.27. The molecular formula is C19H26N2O4. The predicted octanol–water partition coefficient (Wildman–Crippen LogP) is 1.53. The molecule has 2 aliphatic rings. The van der Waals surface area contributed by atoms with Gasteiger partial charge in [0.2, 0.25) is 5.91 Å². The number of benzene rings is 1. The van der Waals surface area contributed by atoms with Gasteiger partial charge in [-0.2, -0.15) is 0 Å². The number of carbonyl (C=O) groups excluding carboxylic acids is 2. The Morgan fingerprint density at radius 2 is 2.04 bits per heavy atom. The number of ether oxygens (including phenoxy) is 1. The molecule has 2 heterocycles. The van der Waals surface area contributed by atoms with Gasteiger partial charge in [0, 0.05) is 38.2 Å². The highest BCUT2D eigenvalue weighted by molar-refractivity contribution is 5.94. The summed E-state index contributed by atoms with van der Waals surface area (Å²) in [6, 6.07) is 7.25. The molecule has 2 amide bonds. The van der Waals surface area contributed by atoms with E-state index < -0.39 is 0 Å². The number of nitrogens with zero attached hydrogens (tertiary/aromatic N) is 2. The third-order valence-corrected chi connectivity index (χ3v) is 5.55. The van der Waals surface area contributed by atoms with Crippen LogP contribution in [-0.2, 0) is 4.79 Å². The number of hydrogen-bond acceptors (Lipinski definition) is 4. The lowest BCUT2D eigenvalue weighted by Gasteiger charge is -2.47. The number of rotatable bonds is 4. The molecule has 1 spiro atoms. The van der Waals surface area contributed by atoms with Crippen LogP contribution in [0.25, 0.3) is 0 Å². The van der Waals surface area contributed by atoms with Crippen LogP contribution in [0.2, 0.25) is 0 Å². The molecule has 3 rings (SSSR count). The van der Waals surface area contributed by atoms with Gasteiger partial charge in [0.05, 0.1) is 13.7 Å². The normalized spacial score (nSPS) is 20.0. The van der Waals surface area contributed by atoms with Crippen molar-refractivity contribution in [2.24, 2.45) is 5.41 Å². The average molecular weight is 346 g/mol. The van der Waals surface area contributed by atoms with Crippen molar-refractivity contribution in [1.29, 1.82) is 0 Å². The second kappa shape index (κ2) is 7.44. The zero-order valence-corrected chi connectivity index (χ0v) is 14.7. The Labute approximate surface area is 148 Å². The van der Waals surface area contributed by atoms with E-state index in [0.717, 1.165) is 19.3 Å². The van der Waals surface area contributed by atoms with E-state index in [2.05, 4.69) is 0 Å². The van der Waals surface area contributed by atoms with Crippen LogP contribution >= 0.6 is 0 Å². The van der Waals surface area contributed by atoms with E-state index in [4.69, 9.17) is 9.84 Å². The number of likely N-dealkylation sites (tertiary alicyclic amines) is 2. The van der Waals surface area contributed by atoms with Crippen LogP contribution in [0.4, 0.5) is 0 Å². The summed E-state index contributed by atoms with van der Waals surface area (Å²) >= 11 is 0. The van der Waals surface area contributed by atoms with Crippen molar-refractivity contribution >= 4 is 11.8 Å². The first-order valence-corrected chi connectivity index (χ1v) is 8.89. The molecule has 0 radical (unpaired) electrons. The molecule has 1 N–H and O–H groups in total. The molecule has 0 atom stereocenters. The van der Waals surface area contributed by atoms with Crippen molar-refractivity contribution in [2.45, 2.75) is 25.7 Å². The van der Waals surface area contributed by atoms with Gasteiger partial charge in [-0.3, -0.25) is 9.59 Å². The minimum Gasteiger partial charge on any atom is -0.497 e. The molecule has 136 valence electrons. The number of aliphatic hydroxyl groups is 1. The van der Waals surface area contributed by atoms with Crippen LogP contribution in [0, 0.1) is 5.41 Å². The quantitative estimate of drug-likeness (QED) is 0.898. The monoisotopic (exact) mass is 346 g/mol. The fourth-order valence-corrected chi connectivity index (χ4v) is 3.96. The molecule has 0 aliphatic carbocycles. The summed E-state index contributed by atoms with van der Waals surface area (Å²) in [5, 5.41) is 9.15. The highest BCUT2D eigenvalue weighted by Crippen LogP contribution is 2.40. The van der Waals surface area contributed by atoms with Gasteiger partial charge in [-0.15, -0.1) is 0 Å². The number of piperidine rings is 2. The third-order valence-electron chi connectivity index (χ3n) is 5.55. The molecule has 2 aliphatic heterocycles. The number of methoxy groups -OCH3 is 1. The van der Waals surface area contributed by atoms with E-state index in [0.29, 0.717) is 43.9 Å². The van der Waals surface area contributed by atoms with Crippen molar-refractivity contribution in [2.75, 3.05) is 39.9 Å². The number of aliphatic hydroxyl groups excluding tert-OH is 1. The van der Waals surface area contributed by atoms with Crippen molar-refractivity contribution in [1.82, 2.24) is 9.80 Å². The summed E-state index contributed by atoms with van der Waals surface area (Å²) in [6.07, 6.45) is 3.23. The zero-order valence-electron chi connectivity index (χ0n) is 14.7. The van der Waals surface area contributed by atoms with Gasteiger partial charge in [0.15, 0.2) is 0 Å². The SMILES string of the molecule is COc1cccc(C(=O)N2CCC3(CCC(=O)N(CCO)C3)CC2)c1. The standard InChI is InChI=1S/C19H26N2O4/c1-25-16-4-2-3-15(13-16)18(24)20-9-7-19(8-10-20)6-5-17(23)21(14-19)11-12-22/h2-4,13,22H,5-12,14H2,1H3. The van der Waals surface area contributed by atoms with Gasteiger partial charge in [0.25, 0.3) is 5.91 Å². The average Bonchev–Trinajstić information content (AvgIpc) is 2.65. The van der Waals surface area contributed by atoms with E-state index in [1.807, 2.05) is 23.1 Å². The summed E-state index contributed by atoms with van der Waals surface area (Å²) in [6.45, 7) is 2.53. The molecule has 2 fully saturated rings. The van der Waals surface area contributed by atoms with Gasteiger partial charge >= 0.3 is 0 Å². The maximum absolute atomic E-state index is 12.7. The van der Waals surface area contributed by atoms with Crippen LogP contribution < -0.4 is 4.74 Å². The molecule has 0 unspecified atom stereocenters. The van der Waals surface area contributed by atoms with Crippen molar-refractivity contribution in [3.63, 3.8) is 0 Å². The van der Waals surface area contributed by atoms with Gasteiger partial charge in [-0.05, 0) is 42.9 Å². The summed E-state index contributed by atoms with van der Waals surface area (Å²) in [5.74, 6) is 0.854. The Morgan fingerprint density at radius 1 is 1.28 bits per heavy atom. The van der Waals surface area contributed by atoms with E-state index in [1.54, 1.807) is 18.1 Å². The molecule has 25 heavy (non-hydrogen) atoms. The van der Waals surface area contributed by atoms with E-state index in [1.165, 1.54) is 0 Å². The molecule has 1 aromatic rings. The summed E-state index contributed by atoms with van der Waals surface area (Å²) in [5.41, 5.74) is 0.741. The van der Waals surface area contributed by atoms with Crippen LogP contribution in [0.3, 0.4) is 0 Å². The number of carbonyl (C=O) groups is 2. The lowest BCUT2D eigenvalue weighted by molar-refractivity contribution is -0.139. The highest BCUT2D eigenvalue weighted by atomic mass is 16.5. The second-order valence-corrected chi connectivity index (χ2v) is 7.06. The Hall–Kier alpha value is -2.08. The smallest absolute Gasteiger partial charge is 0.253 e. The van der Waals surface area contributed by atoms with Crippen molar-refractivity contribution in [3.05, 3.63) is 29.8 Å². The van der Waals surface area contributed by atoms with Gasteiger partial charge in [-0.25, -0.2) is 0 Å².